The lowest BCUT2D eigenvalue weighted by atomic mass is 9.83. The van der Waals surface area contributed by atoms with Gasteiger partial charge < -0.3 is 15.5 Å². The number of carboxylic acid groups (broad SMARTS) is 1. The molecule has 100 valence electrons. The fraction of sp³-hybridized carbons (Fsp3) is 0.538. The van der Waals surface area contributed by atoms with E-state index in [0.29, 0.717) is 12.4 Å². The van der Waals surface area contributed by atoms with Crippen molar-refractivity contribution in [2.45, 2.75) is 26.7 Å². The van der Waals surface area contributed by atoms with Gasteiger partial charge in [-0.1, -0.05) is 13.8 Å². The molecule has 5 nitrogen and oxygen atoms in total. The van der Waals surface area contributed by atoms with Crippen LogP contribution < -0.4 is 5.32 Å². The minimum absolute atomic E-state index is 0.0717. The third kappa shape index (κ3) is 3.20. The Morgan fingerprint density at radius 1 is 1.44 bits per heavy atom. The first-order chi connectivity index (χ1) is 8.58. The second-order valence-electron chi connectivity index (χ2n) is 4.42. The molecule has 1 heterocycles. The van der Waals surface area contributed by atoms with Crippen LogP contribution in [0.2, 0.25) is 0 Å². The first-order valence-electron chi connectivity index (χ1n) is 6.11. The van der Waals surface area contributed by atoms with Gasteiger partial charge in [0.2, 0.25) is 0 Å². The molecule has 0 bridgehead atoms. The van der Waals surface area contributed by atoms with E-state index in [1.165, 1.54) is 6.07 Å². The minimum atomic E-state index is -1.01. The lowest BCUT2D eigenvalue weighted by Gasteiger charge is -2.29. The van der Waals surface area contributed by atoms with Crippen LogP contribution in [0, 0.1) is 5.41 Å². The van der Waals surface area contributed by atoms with Gasteiger partial charge in [0.25, 0.3) is 0 Å². The van der Waals surface area contributed by atoms with Crippen molar-refractivity contribution in [3.8, 4) is 0 Å². The summed E-state index contributed by atoms with van der Waals surface area (Å²) in [6.07, 6.45) is 3.19. The second kappa shape index (κ2) is 6.35. The summed E-state index contributed by atoms with van der Waals surface area (Å²) in [6, 6.07) is 3.10. The molecule has 0 fully saturated rings. The zero-order valence-corrected chi connectivity index (χ0v) is 10.8. The van der Waals surface area contributed by atoms with Gasteiger partial charge in [-0.2, -0.15) is 0 Å². The molecule has 0 aromatic carbocycles. The van der Waals surface area contributed by atoms with E-state index in [-0.39, 0.29) is 17.6 Å². The fourth-order valence-electron chi connectivity index (χ4n) is 1.77. The first-order valence-corrected chi connectivity index (χ1v) is 6.11. The van der Waals surface area contributed by atoms with Crippen LogP contribution in [-0.2, 0) is 0 Å². The highest BCUT2D eigenvalue weighted by molar-refractivity contribution is 5.92. The second-order valence-corrected chi connectivity index (χ2v) is 4.42. The van der Waals surface area contributed by atoms with Crippen LogP contribution in [0.25, 0.3) is 0 Å². The van der Waals surface area contributed by atoms with Crippen molar-refractivity contribution in [2.75, 3.05) is 18.5 Å². The van der Waals surface area contributed by atoms with Crippen molar-refractivity contribution in [1.82, 2.24) is 4.98 Å². The number of nitrogens with zero attached hydrogens (tertiary/aromatic N) is 1. The van der Waals surface area contributed by atoms with Crippen LogP contribution in [0.15, 0.2) is 18.3 Å². The molecule has 5 heteroatoms. The number of aromatic carboxylic acids is 1. The largest absolute Gasteiger partial charge is 0.478 e. The maximum Gasteiger partial charge on any atom is 0.339 e. The Labute approximate surface area is 107 Å². The molecule has 0 aliphatic rings. The lowest BCUT2D eigenvalue weighted by molar-refractivity contribution is 0.0697. The molecule has 0 atom stereocenters. The minimum Gasteiger partial charge on any atom is -0.478 e. The first kappa shape index (κ1) is 14.4. The lowest BCUT2D eigenvalue weighted by Crippen LogP contribution is -2.32. The Balaban J connectivity index is 2.83. The molecule has 3 N–H and O–H groups in total. The third-order valence-electron chi connectivity index (χ3n) is 3.50. The molecule has 0 aliphatic heterocycles. The van der Waals surface area contributed by atoms with E-state index in [1.807, 2.05) is 13.8 Å². The number of aliphatic hydroxyl groups is 1. The van der Waals surface area contributed by atoms with Crippen molar-refractivity contribution in [3.63, 3.8) is 0 Å². The number of pyridine rings is 1. The maximum absolute atomic E-state index is 11.0. The molecule has 0 unspecified atom stereocenters. The third-order valence-corrected chi connectivity index (χ3v) is 3.50. The van der Waals surface area contributed by atoms with Gasteiger partial charge in [0.1, 0.15) is 11.4 Å². The number of hydrogen-bond donors (Lipinski definition) is 3. The van der Waals surface area contributed by atoms with E-state index >= 15 is 0 Å². The molecule has 1 rings (SSSR count). The number of aliphatic hydroxyl groups excluding tert-OH is 1. The fourth-order valence-corrected chi connectivity index (χ4v) is 1.77. The molecular weight excluding hydrogens is 232 g/mol. The van der Waals surface area contributed by atoms with E-state index in [2.05, 4.69) is 10.3 Å². The van der Waals surface area contributed by atoms with Gasteiger partial charge in [0.05, 0.1) is 6.61 Å². The number of anilines is 1. The summed E-state index contributed by atoms with van der Waals surface area (Å²) in [5, 5.41) is 21.5. The summed E-state index contributed by atoms with van der Waals surface area (Å²) in [6.45, 7) is 4.60. The highest BCUT2D eigenvalue weighted by atomic mass is 16.4. The van der Waals surface area contributed by atoms with Crippen LogP contribution >= 0.6 is 0 Å². The van der Waals surface area contributed by atoms with Crippen LogP contribution in [0.5, 0.6) is 0 Å². The van der Waals surface area contributed by atoms with Gasteiger partial charge in [-0.3, -0.25) is 0 Å². The average Bonchev–Trinajstić information content (AvgIpc) is 2.41. The van der Waals surface area contributed by atoms with Crippen LogP contribution in [0.1, 0.15) is 37.0 Å². The van der Waals surface area contributed by atoms with Gasteiger partial charge in [-0.25, -0.2) is 9.78 Å². The van der Waals surface area contributed by atoms with Gasteiger partial charge in [0, 0.05) is 18.2 Å². The summed E-state index contributed by atoms with van der Waals surface area (Å²) >= 11 is 0. The number of aromatic nitrogens is 1. The monoisotopic (exact) mass is 252 g/mol. The number of hydrogen-bond acceptors (Lipinski definition) is 4. The highest BCUT2D eigenvalue weighted by Gasteiger charge is 2.25. The summed E-state index contributed by atoms with van der Waals surface area (Å²) in [5.41, 5.74) is -0.0793. The SMILES string of the molecule is CCC(CC)(CO)CNc1ncccc1C(=O)O. The van der Waals surface area contributed by atoms with Crippen molar-refractivity contribution in [2.24, 2.45) is 5.41 Å². The molecule has 0 saturated heterocycles. The van der Waals surface area contributed by atoms with E-state index < -0.39 is 5.97 Å². The molecule has 0 saturated carbocycles. The van der Waals surface area contributed by atoms with Crippen LogP contribution in [0.3, 0.4) is 0 Å². The van der Waals surface area contributed by atoms with Gasteiger partial charge in [-0.05, 0) is 25.0 Å². The van der Waals surface area contributed by atoms with Crippen molar-refractivity contribution < 1.29 is 15.0 Å². The van der Waals surface area contributed by atoms with Crippen molar-refractivity contribution in [1.29, 1.82) is 0 Å². The molecule has 18 heavy (non-hydrogen) atoms. The molecule has 0 spiro atoms. The highest BCUT2D eigenvalue weighted by Crippen LogP contribution is 2.26. The Morgan fingerprint density at radius 2 is 2.11 bits per heavy atom. The molecule has 1 aromatic rings. The molecule has 0 radical (unpaired) electrons. The van der Waals surface area contributed by atoms with Crippen molar-refractivity contribution in [3.05, 3.63) is 23.9 Å². The summed E-state index contributed by atoms with van der Waals surface area (Å²) in [7, 11) is 0. The van der Waals surface area contributed by atoms with Crippen molar-refractivity contribution >= 4 is 11.8 Å². The van der Waals surface area contributed by atoms with E-state index in [0.717, 1.165) is 12.8 Å². The van der Waals surface area contributed by atoms with Gasteiger partial charge in [0.15, 0.2) is 0 Å². The Kier molecular flexibility index (Phi) is 5.09. The smallest absolute Gasteiger partial charge is 0.339 e. The summed E-state index contributed by atoms with van der Waals surface area (Å²) in [5.74, 6) is -0.655. The Morgan fingerprint density at radius 3 is 2.61 bits per heavy atom. The zero-order valence-electron chi connectivity index (χ0n) is 10.8. The predicted molar refractivity (Wildman–Crippen MR) is 69.8 cm³/mol. The topological polar surface area (TPSA) is 82.5 Å². The number of nitrogens with one attached hydrogen (secondary N) is 1. The molecule has 1 aromatic heterocycles. The van der Waals surface area contributed by atoms with E-state index in [4.69, 9.17) is 5.11 Å². The maximum atomic E-state index is 11.0. The van der Waals surface area contributed by atoms with E-state index in [9.17, 15) is 9.90 Å². The summed E-state index contributed by atoms with van der Waals surface area (Å²) < 4.78 is 0. The summed E-state index contributed by atoms with van der Waals surface area (Å²) in [4.78, 5) is 15.1. The molecule has 0 amide bonds. The molecule has 0 aliphatic carbocycles. The predicted octanol–water partition coefficient (Wildman–Crippen LogP) is 1.99. The quantitative estimate of drug-likeness (QED) is 0.691. The van der Waals surface area contributed by atoms with Gasteiger partial charge >= 0.3 is 5.97 Å². The molecular formula is C13H20N2O3. The average molecular weight is 252 g/mol. The Bertz CT molecular complexity index is 395. The number of carbonyl (C=O) groups is 1. The number of rotatable bonds is 7. The Hall–Kier alpha value is -1.62. The standard InChI is InChI=1S/C13H20N2O3/c1-3-13(4-2,9-16)8-15-11-10(12(17)18)6-5-7-14-11/h5-7,16H,3-4,8-9H2,1-2H3,(H,14,15)(H,17,18). The van der Waals surface area contributed by atoms with Gasteiger partial charge in [-0.15, -0.1) is 0 Å². The number of carboxylic acids is 1. The zero-order chi connectivity index (χ0) is 13.6. The van der Waals surface area contributed by atoms with Crippen LogP contribution in [-0.4, -0.2) is 34.3 Å². The normalized spacial score (nSPS) is 11.3. The van der Waals surface area contributed by atoms with Crippen LogP contribution in [0.4, 0.5) is 5.82 Å². The van der Waals surface area contributed by atoms with E-state index in [1.54, 1.807) is 12.3 Å².